The van der Waals surface area contributed by atoms with Crippen LogP contribution < -0.4 is 0 Å². The third-order valence-electron chi connectivity index (χ3n) is 2.22. The maximum Gasteiger partial charge on any atom is 0.236 e. The van der Waals surface area contributed by atoms with Crippen LogP contribution in [0.1, 0.15) is 0 Å². The van der Waals surface area contributed by atoms with Crippen LogP contribution in [0.3, 0.4) is 0 Å². The third-order valence-corrected chi connectivity index (χ3v) is 2.22. The summed E-state index contributed by atoms with van der Waals surface area (Å²) >= 11 is 0. The van der Waals surface area contributed by atoms with Crippen molar-refractivity contribution in [1.82, 2.24) is 9.55 Å². The van der Waals surface area contributed by atoms with Gasteiger partial charge in [0.1, 0.15) is 6.34 Å². The van der Waals surface area contributed by atoms with Crippen LogP contribution in [0.25, 0.3) is 17.2 Å². The molecule has 0 fully saturated rings. The number of nitrogens with zero attached hydrogens (tertiary/aromatic N) is 4. The Balaban J connectivity index is 2.36. The van der Waals surface area contributed by atoms with Crippen LogP contribution in [-0.4, -0.2) is 22.1 Å². The zero-order chi connectivity index (χ0) is 10.1. The van der Waals surface area contributed by atoms with Gasteiger partial charge in [-0.3, -0.25) is 4.57 Å². The van der Waals surface area contributed by atoms with E-state index in [1.165, 1.54) is 6.34 Å². The Bertz CT molecular complexity index is 590. The summed E-state index contributed by atoms with van der Waals surface area (Å²) in [5.74, 6) is 0.657. The Morgan fingerprint density at radius 3 is 3.07 bits per heavy atom. The van der Waals surface area contributed by atoms with Crippen molar-refractivity contribution in [1.29, 1.82) is 0 Å². The van der Waals surface area contributed by atoms with Gasteiger partial charge < -0.3 is 0 Å². The minimum atomic E-state index is 0.657. The molecule has 1 aliphatic heterocycles. The molecule has 3 rings (SSSR count). The quantitative estimate of drug-likeness (QED) is 0.637. The molecule has 0 saturated carbocycles. The second kappa shape index (κ2) is 3.16. The second-order valence-corrected chi connectivity index (χ2v) is 3.15. The molecular weight excluding hydrogens is 188 g/mol. The first-order valence-corrected chi connectivity index (χ1v) is 4.64. The van der Waals surface area contributed by atoms with Gasteiger partial charge in [-0.25, -0.2) is 15.0 Å². The summed E-state index contributed by atoms with van der Waals surface area (Å²) in [6.45, 7) is 0. The largest absolute Gasteiger partial charge is 0.284 e. The number of benzene rings is 1. The van der Waals surface area contributed by atoms with Gasteiger partial charge in [0.15, 0.2) is 0 Å². The molecule has 72 valence electrons. The lowest BCUT2D eigenvalue weighted by atomic mass is 10.3. The van der Waals surface area contributed by atoms with Gasteiger partial charge in [0.25, 0.3) is 0 Å². The molecule has 0 aliphatic carbocycles. The van der Waals surface area contributed by atoms with E-state index in [1.807, 2.05) is 41.1 Å². The molecule has 0 amide bonds. The Morgan fingerprint density at radius 2 is 2.07 bits per heavy atom. The monoisotopic (exact) mass is 196 g/mol. The highest BCUT2D eigenvalue weighted by molar-refractivity contribution is 5.88. The number of aliphatic imine (C=N–C) groups is 2. The van der Waals surface area contributed by atoms with Crippen molar-refractivity contribution < 1.29 is 0 Å². The van der Waals surface area contributed by atoms with Gasteiger partial charge in [-0.05, 0) is 18.2 Å². The number of fused-ring (bicyclic) bond motifs is 3. The fourth-order valence-corrected chi connectivity index (χ4v) is 1.57. The Morgan fingerprint density at radius 1 is 1.13 bits per heavy atom. The molecule has 0 bridgehead atoms. The topological polar surface area (TPSA) is 42.5 Å². The number of imidazole rings is 1. The standard InChI is InChI=1S/C11H8N4/c1-2-5-10-9(4-1)14-11-13-8-12-6-3-7-15(10)11/h1-8H. The molecule has 0 N–H and O–H groups in total. The number of allylic oxidation sites excluding steroid dienone is 1. The van der Waals surface area contributed by atoms with Crippen molar-refractivity contribution in [3.8, 4) is 0 Å². The molecule has 2 heterocycles. The molecule has 0 atom stereocenters. The van der Waals surface area contributed by atoms with E-state index >= 15 is 0 Å². The third kappa shape index (κ3) is 1.27. The van der Waals surface area contributed by atoms with E-state index in [9.17, 15) is 0 Å². The van der Waals surface area contributed by atoms with Crippen LogP contribution >= 0.6 is 0 Å². The summed E-state index contributed by atoms with van der Waals surface area (Å²) in [6.07, 6.45) is 6.97. The maximum absolute atomic E-state index is 4.39. The van der Waals surface area contributed by atoms with Crippen LogP contribution in [0, 0.1) is 0 Å². The number of para-hydroxylation sites is 2. The molecule has 4 heteroatoms. The van der Waals surface area contributed by atoms with E-state index in [-0.39, 0.29) is 0 Å². The van der Waals surface area contributed by atoms with Crippen molar-refractivity contribution in [2.24, 2.45) is 9.98 Å². The van der Waals surface area contributed by atoms with Crippen LogP contribution in [0.4, 0.5) is 5.95 Å². The lowest BCUT2D eigenvalue weighted by Gasteiger charge is -1.98. The average Bonchev–Trinajstić information content (AvgIpc) is 2.55. The lowest BCUT2D eigenvalue weighted by Crippen LogP contribution is -1.87. The number of hydrogen-bond donors (Lipinski definition) is 0. The zero-order valence-electron chi connectivity index (χ0n) is 7.91. The fourth-order valence-electron chi connectivity index (χ4n) is 1.57. The molecule has 0 radical (unpaired) electrons. The Kier molecular flexibility index (Phi) is 1.71. The average molecular weight is 196 g/mol. The predicted octanol–water partition coefficient (Wildman–Crippen LogP) is 2.25. The van der Waals surface area contributed by atoms with E-state index < -0.39 is 0 Å². The molecular formula is C11H8N4. The molecule has 0 spiro atoms. The Labute approximate surface area is 86.3 Å². The zero-order valence-corrected chi connectivity index (χ0v) is 7.91. The number of rotatable bonds is 0. The van der Waals surface area contributed by atoms with Gasteiger partial charge in [0.2, 0.25) is 5.95 Å². The normalized spacial score (nSPS) is 13.9. The minimum absolute atomic E-state index is 0.657. The molecule has 15 heavy (non-hydrogen) atoms. The van der Waals surface area contributed by atoms with Gasteiger partial charge in [-0.2, -0.15) is 0 Å². The number of aromatic nitrogens is 2. The second-order valence-electron chi connectivity index (χ2n) is 3.15. The van der Waals surface area contributed by atoms with Crippen molar-refractivity contribution in [2.75, 3.05) is 0 Å². The molecule has 4 nitrogen and oxygen atoms in total. The van der Waals surface area contributed by atoms with Crippen LogP contribution in [0.15, 0.2) is 40.3 Å². The summed E-state index contributed by atoms with van der Waals surface area (Å²) < 4.78 is 1.94. The summed E-state index contributed by atoms with van der Waals surface area (Å²) in [4.78, 5) is 12.5. The first kappa shape index (κ1) is 8.11. The molecule has 1 aromatic carbocycles. The van der Waals surface area contributed by atoms with E-state index in [4.69, 9.17) is 0 Å². The van der Waals surface area contributed by atoms with E-state index in [1.54, 1.807) is 6.21 Å². The highest BCUT2D eigenvalue weighted by atomic mass is 15.2. The highest BCUT2D eigenvalue weighted by Crippen LogP contribution is 2.21. The number of hydrogen-bond acceptors (Lipinski definition) is 3. The molecule has 1 aromatic heterocycles. The van der Waals surface area contributed by atoms with Gasteiger partial charge in [0.05, 0.1) is 11.0 Å². The van der Waals surface area contributed by atoms with Crippen molar-refractivity contribution in [3.63, 3.8) is 0 Å². The van der Waals surface area contributed by atoms with Crippen LogP contribution in [-0.2, 0) is 0 Å². The first-order valence-electron chi connectivity index (χ1n) is 4.64. The summed E-state index contributed by atoms with van der Waals surface area (Å²) in [5, 5.41) is 0. The van der Waals surface area contributed by atoms with Gasteiger partial charge in [-0.15, -0.1) is 0 Å². The van der Waals surface area contributed by atoms with Gasteiger partial charge in [0, 0.05) is 12.4 Å². The van der Waals surface area contributed by atoms with Crippen molar-refractivity contribution in [3.05, 3.63) is 30.3 Å². The van der Waals surface area contributed by atoms with Crippen molar-refractivity contribution in [2.45, 2.75) is 0 Å². The van der Waals surface area contributed by atoms with Gasteiger partial charge >= 0.3 is 0 Å². The predicted molar refractivity (Wildman–Crippen MR) is 61.7 cm³/mol. The van der Waals surface area contributed by atoms with E-state index in [0.717, 1.165) is 11.0 Å². The van der Waals surface area contributed by atoms with Crippen molar-refractivity contribution >= 4 is 35.7 Å². The first-order chi connectivity index (χ1) is 7.45. The highest BCUT2D eigenvalue weighted by Gasteiger charge is 2.06. The summed E-state index contributed by atoms with van der Waals surface area (Å²) in [7, 11) is 0. The van der Waals surface area contributed by atoms with E-state index in [2.05, 4.69) is 15.0 Å². The smallest absolute Gasteiger partial charge is 0.236 e. The Hall–Kier alpha value is -2.23. The summed E-state index contributed by atoms with van der Waals surface area (Å²) in [5.41, 5.74) is 1.99. The molecule has 0 unspecified atom stereocenters. The molecule has 1 aliphatic rings. The van der Waals surface area contributed by atoms with Gasteiger partial charge in [-0.1, -0.05) is 12.1 Å². The molecule has 0 saturated heterocycles. The SMILES string of the molecule is C1=Cn2c(nc3ccccc32)N=CN=C1. The maximum atomic E-state index is 4.39. The lowest BCUT2D eigenvalue weighted by molar-refractivity contribution is 1.14. The minimum Gasteiger partial charge on any atom is -0.284 e. The van der Waals surface area contributed by atoms with Crippen LogP contribution in [0.2, 0.25) is 0 Å². The summed E-state index contributed by atoms with van der Waals surface area (Å²) in [6, 6.07) is 7.94. The van der Waals surface area contributed by atoms with E-state index in [0.29, 0.717) is 5.95 Å². The fraction of sp³-hybridized carbons (Fsp3) is 0. The molecule has 2 aromatic rings. The van der Waals surface area contributed by atoms with Crippen LogP contribution in [0.5, 0.6) is 0 Å².